The van der Waals surface area contributed by atoms with Gasteiger partial charge in [-0.2, -0.15) is 0 Å². The summed E-state index contributed by atoms with van der Waals surface area (Å²) in [5.41, 5.74) is 1.38. The lowest BCUT2D eigenvalue weighted by atomic mass is 10.2. The maximum absolute atomic E-state index is 12.0. The quantitative estimate of drug-likeness (QED) is 0.804. The lowest BCUT2D eigenvalue weighted by Gasteiger charge is -2.11. The Morgan fingerprint density at radius 3 is 2.16 bits per heavy atom. The van der Waals surface area contributed by atoms with Crippen LogP contribution in [0.15, 0.2) is 59.5 Å². The number of amides is 1. The van der Waals surface area contributed by atoms with E-state index in [0.29, 0.717) is 5.69 Å². The molecule has 0 saturated heterocycles. The third kappa shape index (κ3) is 4.91. The molecule has 0 bridgehead atoms. The molecule has 0 aliphatic carbocycles. The number of hydrogen-bond acceptors (Lipinski definition) is 4. The van der Waals surface area contributed by atoms with E-state index in [1.165, 1.54) is 32.3 Å². The maximum Gasteiger partial charge on any atom is 0.248 e. The molecule has 0 aromatic heterocycles. The fourth-order valence-corrected chi connectivity index (χ4v) is 2.89. The number of anilines is 1. The van der Waals surface area contributed by atoms with Crippen LogP contribution >= 0.6 is 0 Å². The minimum absolute atomic E-state index is 0.171. The van der Waals surface area contributed by atoms with Crippen LogP contribution in [-0.2, 0) is 14.8 Å². The molecule has 7 heteroatoms. The normalized spacial score (nSPS) is 11.7. The zero-order valence-electron chi connectivity index (χ0n) is 14.3. The van der Waals surface area contributed by atoms with Crippen LogP contribution in [0.3, 0.4) is 0 Å². The summed E-state index contributed by atoms with van der Waals surface area (Å²) in [6, 6.07) is 13.3. The van der Waals surface area contributed by atoms with E-state index in [9.17, 15) is 13.2 Å². The molecule has 0 atom stereocenters. The number of rotatable bonds is 6. The van der Waals surface area contributed by atoms with Crippen LogP contribution in [0.25, 0.3) is 6.08 Å². The molecule has 25 heavy (non-hydrogen) atoms. The Balaban J connectivity index is 2.01. The van der Waals surface area contributed by atoms with Gasteiger partial charge in [0, 0.05) is 25.9 Å². The highest BCUT2D eigenvalue weighted by Gasteiger charge is 2.16. The summed E-state index contributed by atoms with van der Waals surface area (Å²) >= 11 is 0. The fraction of sp³-hybridized carbons (Fsp3) is 0.167. The Labute approximate surface area is 147 Å². The van der Waals surface area contributed by atoms with Gasteiger partial charge in [0.1, 0.15) is 5.75 Å². The predicted octanol–water partition coefficient (Wildman–Crippen LogP) is 2.60. The van der Waals surface area contributed by atoms with E-state index in [1.54, 1.807) is 25.3 Å². The summed E-state index contributed by atoms with van der Waals surface area (Å²) in [6.45, 7) is 0. The third-order valence-corrected chi connectivity index (χ3v) is 5.27. The molecule has 2 aromatic rings. The van der Waals surface area contributed by atoms with Gasteiger partial charge in [0.05, 0.1) is 12.0 Å². The molecule has 0 fully saturated rings. The first-order chi connectivity index (χ1) is 11.8. The zero-order valence-corrected chi connectivity index (χ0v) is 15.1. The van der Waals surface area contributed by atoms with Crippen molar-refractivity contribution in [3.05, 3.63) is 60.2 Å². The van der Waals surface area contributed by atoms with Gasteiger partial charge in [0.2, 0.25) is 15.9 Å². The monoisotopic (exact) mass is 360 g/mol. The summed E-state index contributed by atoms with van der Waals surface area (Å²) in [6.07, 6.45) is 3.09. The van der Waals surface area contributed by atoms with E-state index < -0.39 is 10.0 Å². The van der Waals surface area contributed by atoms with Crippen molar-refractivity contribution in [2.24, 2.45) is 0 Å². The average Bonchev–Trinajstić information content (AvgIpc) is 2.60. The van der Waals surface area contributed by atoms with E-state index in [2.05, 4.69) is 5.32 Å². The van der Waals surface area contributed by atoms with Crippen molar-refractivity contribution < 1.29 is 17.9 Å². The van der Waals surface area contributed by atoms with Crippen LogP contribution in [0.2, 0.25) is 0 Å². The van der Waals surface area contributed by atoms with Gasteiger partial charge in [-0.25, -0.2) is 12.7 Å². The molecule has 0 unspecified atom stereocenters. The van der Waals surface area contributed by atoms with Gasteiger partial charge in [-0.05, 0) is 48.0 Å². The van der Waals surface area contributed by atoms with Gasteiger partial charge in [0.25, 0.3) is 0 Å². The summed E-state index contributed by atoms with van der Waals surface area (Å²) < 4.78 is 30.2. The number of benzene rings is 2. The second-order valence-electron chi connectivity index (χ2n) is 5.41. The van der Waals surface area contributed by atoms with E-state index in [4.69, 9.17) is 4.74 Å². The van der Waals surface area contributed by atoms with Crippen molar-refractivity contribution in [2.75, 3.05) is 26.5 Å². The Hall–Kier alpha value is -2.64. The Kier molecular flexibility index (Phi) is 5.95. The number of ether oxygens (including phenoxy) is 1. The van der Waals surface area contributed by atoms with Crippen molar-refractivity contribution >= 4 is 27.7 Å². The van der Waals surface area contributed by atoms with Crippen LogP contribution in [-0.4, -0.2) is 39.8 Å². The van der Waals surface area contributed by atoms with Crippen LogP contribution < -0.4 is 10.1 Å². The number of methoxy groups -OCH3 is 1. The summed E-state index contributed by atoms with van der Waals surface area (Å²) in [5.74, 6) is 0.438. The average molecular weight is 360 g/mol. The van der Waals surface area contributed by atoms with Gasteiger partial charge in [-0.1, -0.05) is 12.1 Å². The Bertz CT molecular complexity index is 855. The molecule has 2 rings (SSSR count). The maximum atomic E-state index is 12.0. The Morgan fingerprint density at radius 1 is 1.04 bits per heavy atom. The number of carbonyl (C=O) groups excluding carboxylic acids is 1. The molecule has 0 aliphatic heterocycles. The molecule has 0 heterocycles. The van der Waals surface area contributed by atoms with Gasteiger partial charge in [0.15, 0.2) is 0 Å². The molecule has 6 nitrogen and oxygen atoms in total. The minimum Gasteiger partial charge on any atom is -0.497 e. The van der Waals surface area contributed by atoms with Crippen LogP contribution in [0.5, 0.6) is 5.75 Å². The number of hydrogen-bond donors (Lipinski definition) is 1. The van der Waals surface area contributed by atoms with Gasteiger partial charge in [-0.3, -0.25) is 4.79 Å². The fourth-order valence-electron chi connectivity index (χ4n) is 1.99. The van der Waals surface area contributed by atoms with Crippen molar-refractivity contribution in [3.8, 4) is 5.75 Å². The summed E-state index contributed by atoms with van der Waals surface area (Å²) in [5, 5.41) is 2.68. The van der Waals surface area contributed by atoms with E-state index in [-0.39, 0.29) is 10.8 Å². The minimum atomic E-state index is -3.48. The van der Waals surface area contributed by atoms with Crippen LogP contribution in [0.4, 0.5) is 5.69 Å². The highest BCUT2D eigenvalue weighted by molar-refractivity contribution is 7.89. The number of nitrogens with zero attached hydrogens (tertiary/aromatic N) is 1. The van der Waals surface area contributed by atoms with E-state index >= 15 is 0 Å². The van der Waals surface area contributed by atoms with Crippen molar-refractivity contribution in [1.29, 1.82) is 0 Å². The molecule has 1 amide bonds. The second kappa shape index (κ2) is 7.96. The molecule has 132 valence electrons. The van der Waals surface area contributed by atoms with Crippen molar-refractivity contribution in [1.82, 2.24) is 4.31 Å². The van der Waals surface area contributed by atoms with E-state index in [1.807, 2.05) is 24.3 Å². The predicted molar refractivity (Wildman–Crippen MR) is 98.0 cm³/mol. The smallest absolute Gasteiger partial charge is 0.248 e. The first kappa shape index (κ1) is 18.7. The molecule has 2 aromatic carbocycles. The molecule has 1 N–H and O–H groups in total. The molecule has 0 aliphatic rings. The molecule has 0 radical (unpaired) electrons. The Morgan fingerprint density at radius 2 is 1.64 bits per heavy atom. The lowest BCUT2D eigenvalue weighted by Crippen LogP contribution is -2.22. The molecular weight excluding hydrogens is 340 g/mol. The van der Waals surface area contributed by atoms with Gasteiger partial charge < -0.3 is 10.1 Å². The SMILES string of the molecule is COc1ccc(/C=C/C(=O)Nc2ccc(S(=O)(=O)N(C)C)cc2)cc1. The molecule has 0 spiro atoms. The molecule has 0 saturated carbocycles. The lowest BCUT2D eigenvalue weighted by molar-refractivity contribution is -0.111. The topological polar surface area (TPSA) is 75.7 Å². The largest absolute Gasteiger partial charge is 0.497 e. The van der Waals surface area contributed by atoms with Crippen molar-refractivity contribution in [2.45, 2.75) is 4.90 Å². The first-order valence-electron chi connectivity index (χ1n) is 7.48. The molecular formula is C18H20N2O4S. The highest BCUT2D eigenvalue weighted by atomic mass is 32.2. The van der Waals surface area contributed by atoms with Crippen LogP contribution in [0, 0.1) is 0 Å². The summed E-state index contributed by atoms with van der Waals surface area (Å²) in [7, 11) is 1.05. The number of nitrogens with one attached hydrogen (secondary N) is 1. The van der Waals surface area contributed by atoms with Crippen LogP contribution in [0.1, 0.15) is 5.56 Å². The zero-order chi connectivity index (χ0) is 18.4. The third-order valence-electron chi connectivity index (χ3n) is 3.44. The first-order valence-corrected chi connectivity index (χ1v) is 8.92. The summed E-state index contributed by atoms with van der Waals surface area (Å²) in [4.78, 5) is 12.1. The second-order valence-corrected chi connectivity index (χ2v) is 7.56. The van der Waals surface area contributed by atoms with Gasteiger partial charge >= 0.3 is 0 Å². The standard InChI is InChI=1S/C18H20N2O4S/c1-20(2)25(22,23)17-11-7-15(8-12-17)19-18(21)13-6-14-4-9-16(24-3)10-5-14/h4-13H,1-3H3,(H,19,21)/b13-6+. The number of sulfonamides is 1. The van der Waals surface area contributed by atoms with E-state index in [0.717, 1.165) is 15.6 Å². The highest BCUT2D eigenvalue weighted by Crippen LogP contribution is 2.17. The number of carbonyl (C=O) groups is 1. The van der Waals surface area contributed by atoms with Gasteiger partial charge in [-0.15, -0.1) is 0 Å². The van der Waals surface area contributed by atoms with Crippen molar-refractivity contribution in [3.63, 3.8) is 0 Å².